The molecular weight excluding hydrogens is 364 g/mol. The van der Waals surface area contributed by atoms with Crippen molar-refractivity contribution in [3.05, 3.63) is 83.9 Å². The Labute approximate surface area is 170 Å². The largest absolute Gasteiger partial charge is 0.333 e. The highest BCUT2D eigenvalue weighted by Crippen LogP contribution is 2.35. The number of fused-ring (bicyclic) bond motifs is 1. The van der Waals surface area contributed by atoms with Crippen molar-refractivity contribution in [2.24, 2.45) is 11.8 Å². The molecule has 1 aliphatic carbocycles. The van der Waals surface area contributed by atoms with Crippen molar-refractivity contribution in [2.75, 3.05) is 13.6 Å². The molecule has 148 valence electrons. The SMILES string of the molecule is CN(C(=O)CN1C(=O)[C@H]2CC=CC[C@@H]2C1=O)C(c1ccccc1)c1ccccc1. The number of rotatable bonds is 5. The fraction of sp³-hybridized carbons (Fsp3) is 0.292. The predicted octanol–water partition coefficient (Wildman–Crippen LogP) is 3.19. The molecule has 0 unspecified atom stereocenters. The van der Waals surface area contributed by atoms with Crippen molar-refractivity contribution in [2.45, 2.75) is 18.9 Å². The van der Waals surface area contributed by atoms with Gasteiger partial charge in [-0.2, -0.15) is 0 Å². The first-order chi connectivity index (χ1) is 14.1. The number of carbonyl (C=O) groups excluding carboxylic acids is 3. The molecule has 0 N–H and O–H groups in total. The minimum Gasteiger partial charge on any atom is -0.333 e. The third kappa shape index (κ3) is 3.60. The van der Waals surface area contributed by atoms with Crippen molar-refractivity contribution in [3.8, 4) is 0 Å². The second kappa shape index (κ2) is 8.03. The molecule has 2 atom stereocenters. The highest BCUT2D eigenvalue weighted by molar-refractivity contribution is 6.07. The number of hydrogen-bond acceptors (Lipinski definition) is 3. The van der Waals surface area contributed by atoms with E-state index in [9.17, 15) is 14.4 Å². The summed E-state index contributed by atoms with van der Waals surface area (Å²) in [5.74, 6) is -1.32. The maximum absolute atomic E-state index is 13.1. The second-order valence-electron chi connectivity index (χ2n) is 7.65. The highest BCUT2D eigenvalue weighted by Gasteiger charge is 2.48. The summed E-state index contributed by atoms with van der Waals surface area (Å²) in [5.41, 5.74) is 1.96. The molecule has 1 fully saturated rings. The lowest BCUT2D eigenvalue weighted by molar-refractivity contribution is -0.146. The van der Waals surface area contributed by atoms with E-state index in [0.717, 1.165) is 16.0 Å². The molecule has 5 heteroatoms. The Kier molecular flexibility index (Phi) is 5.30. The summed E-state index contributed by atoms with van der Waals surface area (Å²) < 4.78 is 0. The highest BCUT2D eigenvalue weighted by atomic mass is 16.2. The minimum absolute atomic E-state index is 0.211. The van der Waals surface area contributed by atoms with Gasteiger partial charge < -0.3 is 4.90 Å². The maximum Gasteiger partial charge on any atom is 0.243 e. The Balaban J connectivity index is 1.57. The molecule has 5 nitrogen and oxygen atoms in total. The molecule has 3 amide bonds. The molecular formula is C24H24N2O3. The Hall–Kier alpha value is -3.21. The zero-order valence-electron chi connectivity index (χ0n) is 16.4. The van der Waals surface area contributed by atoms with Gasteiger partial charge in [0.1, 0.15) is 6.54 Å². The molecule has 0 spiro atoms. The molecule has 2 aliphatic rings. The lowest BCUT2D eigenvalue weighted by Crippen LogP contribution is -2.43. The van der Waals surface area contributed by atoms with E-state index >= 15 is 0 Å². The molecule has 0 aromatic heterocycles. The van der Waals surface area contributed by atoms with Crippen LogP contribution >= 0.6 is 0 Å². The smallest absolute Gasteiger partial charge is 0.243 e. The Morgan fingerprint density at radius 3 is 1.79 bits per heavy atom. The predicted molar refractivity (Wildman–Crippen MR) is 110 cm³/mol. The molecule has 0 bridgehead atoms. The zero-order chi connectivity index (χ0) is 20.4. The lowest BCUT2D eigenvalue weighted by Gasteiger charge is -2.30. The van der Waals surface area contributed by atoms with Crippen LogP contribution in [-0.2, 0) is 14.4 Å². The van der Waals surface area contributed by atoms with Crippen molar-refractivity contribution in [1.29, 1.82) is 0 Å². The lowest BCUT2D eigenvalue weighted by atomic mass is 9.85. The normalized spacial score (nSPS) is 20.8. The fourth-order valence-corrected chi connectivity index (χ4v) is 4.33. The molecule has 1 heterocycles. The van der Waals surface area contributed by atoms with Crippen LogP contribution in [0.25, 0.3) is 0 Å². The van der Waals surface area contributed by atoms with Crippen LogP contribution in [0.1, 0.15) is 30.0 Å². The molecule has 0 radical (unpaired) electrons. The van der Waals surface area contributed by atoms with Crippen molar-refractivity contribution < 1.29 is 14.4 Å². The molecule has 4 rings (SSSR count). The van der Waals surface area contributed by atoms with E-state index in [0.29, 0.717) is 12.8 Å². The Morgan fingerprint density at radius 1 is 0.897 bits per heavy atom. The van der Waals surface area contributed by atoms with E-state index in [-0.39, 0.29) is 42.1 Å². The number of benzene rings is 2. The van der Waals surface area contributed by atoms with Gasteiger partial charge in [0.15, 0.2) is 0 Å². The van der Waals surface area contributed by atoms with Crippen LogP contribution in [0.5, 0.6) is 0 Å². The quantitative estimate of drug-likeness (QED) is 0.584. The van der Waals surface area contributed by atoms with E-state index in [1.807, 2.05) is 72.8 Å². The summed E-state index contributed by atoms with van der Waals surface area (Å²) in [6, 6.07) is 19.3. The number of likely N-dealkylation sites (N-methyl/N-ethyl adjacent to an activating group) is 1. The maximum atomic E-state index is 13.1. The summed E-state index contributed by atoms with van der Waals surface area (Å²) in [6.45, 7) is -0.211. The van der Waals surface area contributed by atoms with Gasteiger partial charge in [-0.25, -0.2) is 0 Å². The number of carbonyl (C=O) groups is 3. The van der Waals surface area contributed by atoms with Crippen LogP contribution < -0.4 is 0 Å². The first-order valence-electron chi connectivity index (χ1n) is 9.93. The summed E-state index contributed by atoms with van der Waals surface area (Å²) in [4.78, 5) is 41.4. The van der Waals surface area contributed by atoms with Crippen molar-refractivity contribution in [3.63, 3.8) is 0 Å². The van der Waals surface area contributed by atoms with Crippen molar-refractivity contribution in [1.82, 2.24) is 9.80 Å². The first-order valence-corrected chi connectivity index (χ1v) is 9.93. The third-order valence-electron chi connectivity index (χ3n) is 5.90. The summed E-state index contributed by atoms with van der Waals surface area (Å²) >= 11 is 0. The number of nitrogens with zero attached hydrogens (tertiary/aromatic N) is 2. The Bertz CT molecular complexity index is 874. The number of amides is 3. The van der Waals surface area contributed by atoms with E-state index in [4.69, 9.17) is 0 Å². The van der Waals surface area contributed by atoms with Crippen LogP contribution in [0.15, 0.2) is 72.8 Å². The van der Waals surface area contributed by atoms with Gasteiger partial charge in [-0.1, -0.05) is 72.8 Å². The zero-order valence-corrected chi connectivity index (χ0v) is 16.4. The van der Waals surface area contributed by atoms with Crippen molar-refractivity contribution >= 4 is 17.7 Å². The molecule has 2 aromatic carbocycles. The number of hydrogen-bond donors (Lipinski definition) is 0. The molecule has 29 heavy (non-hydrogen) atoms. The number of likely N-dealkylation sites (tertiary alicyclic amines) is 1. The second-order valence-corrected chi connectivity index (χ2v) is 7.65. The summed E-state index contributed by atoms with van der Waals surface area (Å²) in [7, 11) is 1.73. The molecule has 1 aliphatic heterocycles. The third-order valence-corrected chi connectivity index (χ3v) is 5.90. The van der Waals surface area contributed by atoms with E-state index < -0.39 is 0 Å². The van der Waals surface area contributed by atoms with Gasteiger partial charge in [0, 0.05) is 7.05 Å². The van der Waals surface area contributed by atoms with Gasteiger partial charge in [0.2, 0.25) is 17.7 Å². The minimum atomic E-state index is -0.315. The van der Waals surface area contributed by atoms with Gasteiger partial charge >= 0.3 is 0 Å². The number of imide groups is 1. The standard InChI is InChI=1S/C24H24N2O3/c1-25(22(17-10-4-2-5-11-17)18-12-6-3-7-13-18)21(27)16-26-23(28)19-14-8-9-15-20(19)24(26)29/h2-13,19-20,22H,14-16H2,1H3/t19-,20-/m0/s1. The van der Waals surface area contributed by atoms with Crippen LogP contribution in [0.4, 0.5) is 0 Å². The molecule has 2 aromatic rings. The number of allylic oxidation sites excluding steroid dienone is 2. The Morgan fingerprint density at radius 2 is 1.34 bits per heavy atom. The van der Waals surface area contributed by atoms with Gasteiger partial charge in [-0.3, -0.25) is 19.3 Å². The van der Waals surface area contributed by atoms with Crippen LogP contribution in [0.3, 0.4) is 0 Å². The monoisotopic (exact) mass is 388 g/mol. The van der Waals surface area contributed by atoms with Gasteiger partial charge in [0.05, 0.1) is 17.9 Å². The molecule has 0 saturated carbocycles. The first kappa shape index (κ1) is 19.1. The molecule has 1 saturated heterocycles. The average molecular weight is 388 g/mol. The van der Waals surface area contributed by atoms with E-state index in [1.165, 1.54) is 0 Å². The summed E-state index contributed by atoms with van der Waals surface area (Å²) in [6.07, 6.45) is 5.05. The topological polar surface area (TPSA) is 57.7 Å². The van der Waals surface area contributed by atoms with Gasteiger partial charge in [-0.05, 0) is 24.0 Å². The van der Waals surface area contributed by atoms with E-state index in [1.54, 1.807) is 11.9 Å². The van der Waals surface area contributed by atoms with Crippen LogP contribution in [-0.4, -0.2) is 41.1 Å². The van der Waals surface area contributed by atoms with Crippen LogP contribution in [0.2, 0.25) is 0 Å². The fourth-order valence-electron chi connectivity index (χ4n) is 4.33. The van der Waals surface area contributed by atoms with E-state index in [2.05, 4.69) is 0 Å². The average Bonchev–Trinajstić information content (AvgIpc) is 3.00. The van der Waals surface area contributed by atoms with Gasteiger partial charge in [-0.15, -0.1) is 0 Å². The van der Waals surface area contributed by atoms with Gasteiger partial charge in [0.25, 0.3) is 0 Å². The summed E-state index contributed by atoms with van der Waals surface area (Å²) in [5, 5.41) is 0. The van der Waals surface area contributed by atoms with Crippen LogP contribution in [0, 0.1) is 11.8 Å².